The minimum absolute atomic E-state index is 0.135. The molecule has 2 aliphatic rings. The van der Waals surface area contributed by atoms with Gasteiger partial charge in [-0.15, -0.1) is 0 Å². The van der Waals surface area contributed by atoms with Crippen molar-refractivity contribution in [3.63, 3.8) is 0 Å². The highest BCUT2D eigenvalue weighted by atomic mass is 32.2. The minimum atomic E-state index is -3.64. The molecule has 2 heterocycles. The van der Waals surface area contributed by atoms with Crippen molar-refractivity contribution >= 4 is 10.0 Å². The molecule has 150 valence electrons. The molecule has 4 rings (SSSR count). The van der Waals surface area contributed by atoms with Crippen molar-refractivity contribution < 1.29 is 13.2 Å². The number of hydrogen-bond acceptors (Lipinski definition) is 4. The van der Waals surface area contributed by atoms with Gasteiger partial charge in [-0.1, -0.05) is 49.4 Å². The van der Waals surface area contributed by atoms with Crippen LogP contribution in [0.15, 0.2) is 59.5 Å². The summed E-state index contributed by atoms with van der Waals surface area (Å²) in [7, 11) is -3.64. The zero-order valence-corrected chi connectivity index (χ0v) is 17.1. The Balaban J connectivity index is 1.75. The minimum Gasteiger partial charge on any atom is -0.487 e. The Morgan fingerprint density at radius 3 is 2.50 bits per heavy atom. The first-order valence-electron chi connectivity index (χ1n) is 10.1. The summed E-state index contributed by atoms with van der Waals surface area (Å²) in [5, 5.41) is 0. The van der Waals surface area contributed by atoms with Crippen LogP contribution < -0.4 is 4.74 Å². The maximum atomic E-state index is 13.6. The van der Waals surface area contributed by atoms with Crippen molar-refractivity contribution in [2.45, 2.75) is 49.8 Å². The zero-order valence-electron chi connectivity index (χ0n) is 16.3. The first-order valence-corrected chi connectivity index (χ1v) is 11.6. The zero-order chi connectivity index (χ0) is 19.6. The third kappa shape index (κ3) is 3.81. The second-order valence-electron chi connectivity index (χ2n) is 7.63. The number of fused-ring (bicyclic) bond motifs is 2. The standard InChI is InChI=1S/C22H28N2O3S/c1-2-14-23-15-12-19-20(13-16-23)27-21-10-6-7-11-22(21)28(25,26)24(19)17-18-8-4-3-5-9-18/h3-11,19-20H,2,12-17H2,1H3/t19-,20-/m1/s1. The molecule has 0 aliphatic carbocycles. The van der Waals surface area contributed by atoms with Gasteiger partial charge in [-0.05, 0) is 50.0 Å². The van der Waals surface area contributed by atoms with Gasteiger partial charge in [-0.3, -0.25) is 0 Å². The van der Waals surface area contributed by atoms with Crippen LogP contribution in [0.3, 0.4) is 0 Å². The number of para-hydroxylation sites is 1. The van der Waals surface area contributed by atoms with Crippen LogP contribution in [-0.2, 0) is 16.6 Å². The van der Waals surface area contributed by atoms with Crippen LogP contribution in [0.25, 0.3) is 0 Å². The van der Waals surface area contributed by atoms with E-state index in [1.165, 1.54) is 0 Å². The Hall–Kier alpha value is -1.89. The summed E-state index contributed by atoms with van der Waals surface area (Å²) in [6.07, 6.45) is 2.58. The van der Waals surface area contributed by atoms with Gasteiger partial charge in [0.1, 0.15) is 16.7 Å². The number of likely N-dealkylation sites (tertiary alicyclic amines) is 1. The van der Waals surface area contributed by atoms with E-state index in [1.807, 2.05) is 36.4 Å². The summed E-state index contributed by atoms with van der Waals surface area (Å²) in [6, 6.07) is 16.7. The smallest absolute Gasteiger partial charge is 0.247 e. The normalized spacial score (nSPS) is 25.0. The Morgan fingerprint density at radius 2 is 1.71 bits per heavy atom. The highest BCUT2D eigenvalue weighted by Crippen LogP contribution is 2.37. The third-order valence-corrected chi connectivity index (χ3v) is 7.62. The lowest BCUT2D eigenvalue weighted by Gasteiger charge is -2.32. The molecule has 0 bridgehead atoms. The number of rotatable bonds is 4. The van der Waals surface area contributed by atoms with Gasteiger partial charge in [0, 0.05) is 13.1 Å². The molecule has 0 N–H and O–H groups in total. The Labute approximate surface area is 168 Å². The van der Waals surface area contributed by atoms with Crippen LogP contribution in [-0.4, -0.2) is 49.4 Å². The molecule has 2 aliphatic heterocycles. The third-order valence-electron chi connectivity index (χ3n) is 5.71. The average Bonchev–Trinajstić information content (AvgIpc) is 2.94. The van der Waals surface area contributed by atoms with Crippen LogP contribution >= 0.6 is 0 Å². The summed E-state index contributed by atoms with van der Waals surface area (Å²) in [5.41, 5.74) is 0.999. The van der Waals surface area contributed by atoms with E-state index in [-0.39, 0.29) is 17.0 Å². The topological polar surface area (TPSA) is 49.9 Å². The predicted octanol–water partition coefficient (Wildman–Crippen LogP) is 3.51. The van der Waals surface area contributed by atoms with Crippen LogP contribution in [0.5, 0.6) is 5.75 Å². The second kappa shape index (κ2) is 8.23. The molecular formula is C22H28N2O3S. The van der Waals surface area contributed by atoms with Gasteiger partial charge in [0.2, 0.25) is 10.0 Å². The lowest BCUT2D eigenvalue weighted by Crippen LogP contribution is -2.46. The molecule has 0 unspecified atom stereocenters. The average molecular weight is 401 g/mol. The molecule has 28 heavy (non-hydrogen) atoms. The molecule has 1 saturated heterocycles. The Bertz CT molecular complexity index is 901. The van der Waals surface area contributed by atoms with Gasteiger partial charge in [-0.25, -0.2) is 8.42 Å². The first kappa shape index (κ1) is 19.4. The molecule has 0 amide bonds. The van der Waals surface area contributed by atoms with Crippen molar-refractivity contribution in [1.82, 2.24) is 9.21 Å². The fraction of sp³-hybridized carbons (Fsp3) is 0.455. The number of ether oxygens (including phenoxy) is 1. The van der Waals surface area contributed by atoms with E-state index in [9.17, 15) is 8.42 Å². The Morgan fingerprint density at radius 1 is 1.00 bits per heavy atom. The molecule has 0 aromatic heterocycles. The molecule has 0 radical (unpaired) electrons. The number of benzene rings is 2. The SMILES string of the molecule is CCCN1CC[C@@H]2[C@@H](CC1)Oc1ccccc1S(=O)(=O)N2Cc1ccccc1. The number of hydrogen-bond donors (Lipinski definition) is 0. The number of nitrogens with zero attached hydrogens (tertiary/aromatic N) is 2. The molecule has 5 nitrogen and oxygen atoms in total. The summed E-state index contributed by atoms with van der Waals surface area (Å²) in [4.78, 5) is 2.71. The molecule has 0 spiro atoms. The Kier molecular flexibility index (Phi) is 5.71. The summed E-state index contributed by atoms with van der Waals surface area (Å²) < 4.78 is 35.3. The summed E-state index contributed by atoms with van der Waals surface area (Å²) >= 11 is 0. The maximum absolute atomic E-state index is 13.6. The monoisotopic (exact) mass is 400 g/mol. The molecule has 6 heteroatoms. The van der Waals surface area contributed by atoms with Crippen LogP contribution in [0, 0.1) is 0 Å². The fourth-order valence-electron chi connectivity index (χ4n) is 4.32. The molecule has 2 aromatic carbocycles. The summed E-state index contributed by atoms with van der Waals surface area (Å²) in [6.45, 7) is 5.44. The van der Waals surface area contributed by atoms with Crippen LogP contribution in [0.1, 0.15) is 31.7 Å². The van der Waals surface area contributed by atoms with Crippen molar-refractivity contribution in [1.29, 1.82) is 0 Å². The fourth-order valence-corrected chi connectivity index (χ4v) is 6.11. The predicted molar refractivity (Wildman–Crippen MR) is 110 cm³/mol. The van der Waals surface area contributed by atoms with Crippen molar-refractivity contribution in [3.05, 3.63) is 60.2 Å². The largest absolute Gasteiger partial charge is 0.487 e. The van der Waals surface area contributed by atoms with Gasteiger partial charge in [0.05, 0.1) is 6.04 Å². The van der Waals surface area contributed by atoms with E-state index in [1.54, 1.807) is 22.5 Å². The van der Waals surface area contributed by atoms with Crippen LogP contribution in [0.4, 0.5) is 0 Å². The van der Waals surface area contributed by atoms with Crippen molar-refractivity contribution in [2.75, 3.05) is 19.6 Å². The van der Waals surface area contributed by atoms with Crippen LogP contribution in [0.2, 0.25) is 0 Å². The molecule has 2 aromatic rings. The molecule has 0 saturated carbocycles. The lowest BCUT2D eigenvalue weighted by molar-refractivity contribution is 0.110. The highest BCUT2D eigenvalue weighted by molar-refractivity contribution is 7.89. The molecule has 1 fully saturated rings. The summed E-state index contributed by atoms with van der Waals surface area (Å²) in [5.74, 6) is 0.483. The van der Waals surface area contributed by atoms with E-state index in [0.717, 1.165) is 44.5 Å². The van der Waals surface area contributed by atoms with E-state index in [0.29, 0.717) is 12.3 Å². The maximum Gasteiger partial charge on any atom is 0.247 e. The highest BCUT2D eigenvalue weighted by Gasteiger charge is 2.43. The van der Waals surface area contributed by atoms with Gasteiger partial charge in [0.15, 0.2) is 0 Å². The van der Waals surface area contributed by atoms with Gasteiger partial charge in [0.25, 0.3) is 0 Å². The number of sulfonamides is 1. The van der Waals surface area contributed by atoms with E-state index in [4.69, 9.17) is 4.74 Å². The molecular weight excluding hydrogens is 372 g/mol. The van der Waals surface area contributed by atoms with Gasteiger partial charge >= 0.3 is 0 Å². The van der Waals surface area contributed by atoms with Crippen molar-refractivity contribution in [2.24, 2.45) is 0 Å². The second-order valence-corrected chi connectivity index (χ2v) is 9.48. The van der Waals surface area contributed by atoms with E-state index < -0.39 is 10.0 Å². The van der Waals surface area contributed by atoms with Gasteiger partial charge < -0.3 is 9.64 Å². The van der Waals surface area contributed by atoms with E-state index in [2.05, 4.69) is 11.8 Å². The van der Waals surface area contributed by atoms with Crippen molar-refractivity contribution in [3.8, 4) is 5.75 Å². The van der Waals surface area contributed by atoms with Gasteiger partial charge in [-0.2, -0.15) is 4.31 Å². The first-order chi connectivity index (χ1) is 13.6. The van der Waals surface area contributed by atoms with E-state index >= 15 is 0 Å². The molecule has 2 atom stereocenters. The quantitative estimate of drug-likeness (QED) is 0.788. The lowest BCUT2D eigenvalue weighted by atomic mass is 10.1.